The molecule has 0 aliphatic carbocycles. The third kappa shape index (κ3) is 8.81. The molecule has 1 heterocycles. The number of carbonyl (C=O) groups is 6. The van der Waals surface area contributed by atoms with E-state index in [0.717, 1.165) is 10.9 Å². The van der Waals surface area contributed by atoms with Gasteiger partial charge in [-0.2, -0.15) is 0 Å². The molecule has 212 valence electrons. The van der Waals surface area contributed by atoms with Crippen LogP contribution in [0.4, 0.5) is 0 Å². The van der Waals surface area contributed by atoms with E-state index >= 15 is 0 Å². The Labute approximate surface area is 223 Å². The first-order valence-electron chi connectivity index (χ1n) is 12.3. The van der Waals surface area contributed by atoms with Crippen molar-refractivity contribution in [2.45, 2.75) is 63.7 Å². The zero-order valence-corrected chi connectivity index (χ0v) is 21.6. The Bertz CT molecular complexity index is 1230. The molecule has 0 saturated heterocycles. The number of hydrogen-bond acceptors (Lipinski definition) is 7. The number of carboxylic acids is 2. The molecular formula is C25H34N6O8. The maximum Gasteiger partial charge on any atom is 0.326 e. The molecule has 2 rings (SSSR count). The predicted molar refractivity (Wildman–Crippen MR) is 139 cm³/mol. The fraction of sp³-hybridized carbons (Fsp3) is 0.440. The van der Waals surface area contributed by atoms with Gasteiger partial charge in [0.1, 0.15) is 18.1 Å². The minimum atomic E-state index is -1.60. The van der Waals surface area contributed by atoms with Crippen molar-refractivity contribution in [2.24, 2.45) is 17.4 Å². The van der Waals surface area contributed by atoms with Gasteiger partial charge in [0.15, 0.2) is 0 Å². The van der Waals surface area contributed by atoms with Gasteiger partial charge in [-0.05, 0) is 17.5 Å². The van der Waals surface area contributed by atoms with E-state index in [9.17, 15) is 33.9 Å². The molecule has 14 heteroatoms. The van der Waals surface area contributed by atoms with Crippen LogP contribution in [-0.2, 0) is 35.2 Å². The lowest BCUT2D eigenvalue weighted by Crippen LogP contribution is -2.59. The smallest absolute Gasteiger partial charge is 0.326 e. The standard InChI is InChI=1S/C25H34N6O8/c1-3-12(2)21(24(37)30-18(25(38)39)10-19(27)32)31-23(36)17(29-22(35)15(26)9-20(33)34)8-13-11-28-16-7-5-4-6-14(13)16/h4-7,11-12,15,17-18,21,28H,3,8-10,26H2,1-2H3,(H2,27,32)(H,29,35)(H,30,37)(H,31,36)(H,33,34)(H,38,39). The Morgan fingerprint density at radius 2 is 1.56 bits per heavy atom. The van der Waals surface area contributed by atoms with Crippen LogP contribution in [0.2, 0.25) is 0 Å². The molecule has 0 aliphatic rings. The molecule has 0 saturated carbocycles. The van der Waals surface area contributed by atoms with Gasteiger partial charge in [0.05, 0.1) is 18.9 Å². The highest BCUT2D eigenvalue weighted by molar-refractivity contribution is 5.96. The number of fused-ring (bicyclic) bond motifs is 1. The molecule has 4 amide bonds. The zero-order valence-electron chi connectivity index (χ0n) is 21.6. The number of aromatic nitrogens is 1. The van der Waals surface area contributed by atoms with Crippen molar-refractivity contribution in [2.75, 3.05) is 0 Å². The minimum absolute atomic E-state index is 0.0321. The minimum Gasteiger partial charge on any atom is -0.481 e. The van der Waals surface area contributed by atoms with Gasteiger partial charge in [0.25, 0.3) is 0 Å². The summed E-state index contributed by atoms with van der Waals surface area (Å²) in [4.78, 5) is 75.9. The molecule has 0 bridgehead atoms. The van der Waals surface area contributed by atoms with Crippen molar-refractivity contribution >= 4 is 46.5 Å². The van der Waals surface area contributed by atoms with E-state index in [0.29, 0.717) is 12.0 Å². The van der Waals surface area contributed by atoms with E-state index in [-0.39, 0.29) is 6.42 Å². The van der Waals surface area contributed by atoms with E-state index < -0.39 is 78.5 Å². The van der Waals surface area contributed by atoms with E-state index in [4.69, 9.17) is 16.6 Å². The maximum absolute atomic E-state index is 13.5. The number of primary amides is 1. The number of carboxylic acid groups (broad SMARTS) is 2. The quantitative estimate of drug-likeness (QED) is 0.136. The molecule has 1 aromatic heterocycles. The van der Waals surface area contributed by atoms with E-state index in [1.54, 1.807) is 26.1 Å². The van der Waals surface area contributed by atoms with Gasteiger partial charge in [0, 0.05) is 23.5 Å². The average molecular weight is 547 g/mol. The third-order valence-electron chi connectivity index (χ3n) is 6.28. The Kier molecular flexibility index (Phi) is 11.0. The summed E-state index contributed by atoms with van der Waals surface area (Å²) >= 11 is 0. The number of hydrogen-bond donors (Lipinski definition) is 8. The van der Waals surface area contributed by atoms with Crippen molar-refractivity contribution < 1.29 is 39.0 Å². The van der Waals surface area contributed by atoms with Gasteiger partial charge in [-0.3, -0.25) is 24.0 Å². The second-order valence-electron chi connectivity index (χ2n) is 9.27. The molecule has 0 radical (unpaired) electrons. The van der Waals surface area contributed by atoms with Crippen LogP contribution in [0.1, 0.15) is 38.7 Å². The first kappa shape index (κ1) is 30.8. The van der Waals surface area contributed by atoms with Crippen molar-refractivity contribution in [3.63, 3.8) is 0 Å². The number of aromatic amines is 1. The van der Waals surface area contributed by atoms with Gasteiger partial charge < -0.3 is 42.6 Å². The Hall–Kier alpha value is -4.46. The van der Waals surface area contributed by atoms with Gasteiger partial charge in [-0.1, -0.05) is 38.5 Å². The Morgan fingerprint density at radius 1 is 0.923 bits per heavy atom. The first-order chi connectivity index (χ1) is 18.3. The lowest BCUT2D eigenvalue weighted by molar-refractivity contribution is -0.144. The summed E-state index contributed by atoms with van der Waals surface area (Å²) in [6, 6.07) is 1.72. The lowest BCUT2D eigenvalue weighted by atomic mass is 9.96. The topological polar surface area (TPSA) is 247 Å². The molecule has 5 unspecified atom stereocenters. The number of benzene rings is 1. The zero-order chi connectivity index (χ0) is 29.3. The SMILES string of the molecule is CCC(C)C(NC(=O)C(Cc1c[nH]c2ccccc12)NC(=O)C(N)CC(=O)O)C(=O)NC(CC(N)=O)C(=O)O. The van der Waals surface area contributed by atoms with Gasteiger partial charge in [-0.15, -0.1) is 0 Å². The van der Waals surface area contributed by atoms with Crippen LogP contribution in [0.15, 0.2) is 30.5 Å². The van der Waals surface area contributed by atoms with Crippen LogP contribution in [-0.4, -0.2) is 74.9 Å². The van der Waals surface area contributed by atoms with Crippen molar-refractivity contribution in [1.82, 2.24) is 20.9 Å². The number of H-pyrrole nitrogens is 1. The maximum atomic E-state index is 13.5. The summed E-state index contributed by atoms with van der Waals surface area (Å²) in [6.45, 7) is 3.41. The van der Waals surface area contributed by atoms with Crippen LogP contribution in [0.25, 0.3) is 10.9 Å². The van der Waals surface area contributed by atoms with Gasteiger partial charge in [-0.25, -0.2) is 4.79 Å². The Morgan fingerprint density at radius 3 is 2.15 bits per heavy atom. The van der Waals surface area contributed by atoms with Crippen LogP contribution < -0.4 is 27.4 Å². The van der Waals surface area contributed by atoms with Crippen LogP contribution in [0.3, 0.4) is 0 Å². The highest BCUT2D eigenvalue weighted by atomic mass is 16.4. The largest absolute Gasteiger partial charge is 0.481 e. The molecule has 0 aliphatic heterocycles. The molecular weight excluding hydrogens is 512 g/mol. The lowest BCUT2D eigenvalue weighted by Gasteiger charge is -2.28. The molecule has 0 spiro atoms. The summed E-state index contributed by atoms with van der Waals surface area (Å²) < 4.78 is 0. The predicted octanol–water partition coefficient (Wildman–Crippen LogP) is -1.03. The molecule has 10 N–H and O–H groups in total. The van der Waals surface area contributed by atoms with Gasteiger partial charge >= 0.3 is 11.9 Å². The van der Waals surface area contributed by atoms with Crippen LogP contribution >= 0.6 is 0 Å². The van der Waals surface area contributed by atoms with Crippen molar-refractivity contribution in [3.05, 3.63) is 36.0 Å². The Balaban J connectivity index is 2.33. The molecule has 0 fully saturated rings. The second-order valence-corrected chi connectivity index (χ2v) is 9.27. The number of nitrogens with one attached hydrogen (secondary N) is 4. The molecule has 5 atom stereocenters. The van der Waals surface area contributed by atoms with Crippen molar-refractivity contribution in [1.29, 1.82) is 0 Å². The summed E-state index contributed by atoms with van der Waals surface area (Å²) in [6.07, 6.45) is 0.726. The number of para-hydroxylation sites is 1. The molecule has 1 aromatic carbocycles. The summed E-state index contributed by atoms with van der Waals surface area (Å²) in [5.74, 6) is -6.71. The number of aliphatic carboxylic acids is 2. The van der Waals surface area contributed by atoms with E-state index in [1.807, 2.05) is 18.2 Å². The summed E-state index contributed by atoms with van der Waals surface area (Å²) in [7, 11) is 0. The van der Waals surface area contributed by atoms with E-state index in [2.05, 4.69) is 20.9 Å². The number of nitrogens with two attached hydrogens (primary N) is 2. The van der Waals surface area contributed by atoms with Crippen molar-refractivity contribution in [3.8, 4) is 0 Å². The monoisotopic (exact) mass is 546 g/mol. The summed E-state index contributed by atoms with van der Waals surface area (Å²) in [5.41, 5.74) is 12.2. The number of rotatable bonds is 15. The fourth-order valence-corrected chi connectivity index (χ4v) is 3.91. The summed E-state index contributed by atoms with van der Waals surface area (Å²) in [5, 5.41) is 26.4. The number of amides is 4. The third-order valence-corrected chi connectivity index (χ3v) is 6.28. The molecule has 14 nitrogen and oxygen atoms in total. The highest BCUT2D eigenvalue weighted by Gasteiger charge is 2.33. The highest BCUT2D eigenvalue weighted by Crippen LogP contribution is 2.19. The number of carbonyl (C=O) groups excluding carboxylic acids is 4. The van der Waals surface area contributed by atoms with E-state index in [1.165, 1.54) is 0 Å². The normalized spacial score (nSPS) is 14.8. The van der Waals surface area contributed by atoms with Crippen LogP contribution in [0, 0.1) is 5.92 Å². The fourth-order valence-electron chi connectivity index (χ4n) is 3.91. The average Bonchev–Trinajstić information content (AvgIpc) is 3.27. The molecule has 2 aromatic rings. The molecule has 39 heavy (non-hydrogen) atoms. The van der Waals surface area contributed by atoms with Crippen LogP contribution in [0.5, 0.6) is 0 Å². The van der Waals surface area contributed by atoms with Gasteiger partial charge in [0.2, 0.25) is 23.6 Å². The second kappa shape index (κ2) is 13.9. The first-order valence-corrected chi connectivity index (χ1v) is 12.3.